The van der Waals surface area contributed by atoms with E-state index in [1.165, 1.54) is 0 Å². The lowest BCUT2D eigenvalue weighted by molar-refractivity contribution is 0.0797. The van der Waals surface area contributed by atoms with Crippen molar-refractivity contribution in [2.75, 3.05) is 13.6 Å². The summed E-state index contributed by atoms with van der Waals surface area (Å²) < 4.78 is 3.74. The zero-order chi connectivity index (χ0) is 11.4. The molecule has 0 saturated carbocycles. The van der Waals surface area contributed by atoms with Crippen molar-refractivity contribution in [3.05, 3.63) is 10.6 Å². The van der Waals surface area contributed by atoms with Crippen molar-refractivity contribution in [2.24, 2.45) is 0 Å². The first kappa shape index (κ1) is 12.4. The van der Waals surface area contributed by atoms with E-state index in [2.05, 4.69) is 9.59 Å². The predicted octanol–water partition coefficient (Wildman–Crippen LogP) is 1.94. The van der Waals surface area contributed by atoms with Crippen LogP contribution in [0, 0.1) is 6.92 Å². The van der Waals surface area contributed by atoms with Gasteiger partial charge < -0.3 is 4.90 Å². The third-order valence-corrected chi connectivity index (χ3v) is 3.09. The van der Waals surface area contributed by atoms with E-state index < -0.39 is 0 Å². The largest absolute Gasteiger partial charge is 0.341 e. The van der Waals surface area contributed by atoms with Crippen molar-refractivity contribution >= 4 is 29.0 Å². The van der Waals surface area contributed by atoms with Gasteiger partial charge in [-0.25, -0.2) is 0 Å². The normalized spacial score (nSPS) is 12.5. The first-order chi connectivity index (χ1) is 7.02. The molecule has 0 aliphatic heterocycles. The quantitative estimate of drug-likeness (QED) is 0.764. The van der Waals surface area contributed by atoms with Crippen LogP contribution in [0.5, 0.6) is 0 Å². The fraction of sp³-hybridized carbons (Fsp3) is 0.667. The Morgan fingerprint density at radius 1 is 1.67 bits per heavy atom. The van der Waals surface area contributed by atoms with E-state index >= 15 is 0 Å². The summed E-state index contributed by atoms with van der Waals surface area (Å²) in [6.07, 6.45) is 0.787. The topological polar surface area (TPSA) is 46.1 Å². The molecule has 0 N–H and O–H groups in total. The molecule has 0 spiro atoms. The second-order valence-electron chi connectivity index (χ2n) is 3.48. The van der Waals surface area contributed by atoms with Gasteiger partial charge in [-0.05, 0) is 31.8 Å². The standard InChI is InChI=1S/C9H14ClN3OS/c1-6(10)4-5-13(3)9(14)8-7(2)11-12-15-8/h6H,4-5H2,1-3H3. The third kappa shape index (κ3) is 3.43. The Morgan fingerprint density at radius 2 is 2.33 bits per heavy atom. The van der Waals surface area contributed by atoms with Gasteiger partial charge in [-0.1, -0.05) is 4.49 Å². The lowest BCUT2D eigenvalue weighted by Gasteiger charge is -2.16. The van der Waals surface area contributed by atoms with E-state index in [0.29, 0.717) is 17.1 Å². The minimum absolute atomic E-state index is 0.0279. The molecule has 1 unspecified atom stereocenters. The van der Waals surface area contributed by atoms with Gasteiger partial charge in [0.25, 0.3) is 5.91 Å². The summed E-state index contributed by atoms with van der Waals surface area (Å²) in [5.41, 5.74) is 0.691. The van der Waals surface area contributed by atoms with Crippen LogP contribution in [0.4, 0.5) is 0 Å². The molecule has 0 saturated heterocycles. The van der Waals surface area contributed by atoms with Crippen molar-refractivity contribution in [1.82, 2.24) is 14.5 Å². The Hall–Kier alpha value is -0.680. The molecule has 1 aromatic rings. The maximum absolute atomic E-state index is 11.9. The molecule has 0 aromatic carbocycles. The van der Waals surface area contributed by atoms with E-state index in [0.717, 1.165) is 18.0 Å². The first-order valence-electron chi connectivity index (χ1n) is 4.71. The maximum atomic E-state index is 11.9. The summed E-state index contributed by atoms with van der Waals surface area (Å²) >= 11 is 6.96. The molecule has 0 radical (unpaired) electrons. The van der Waals surface area contributed by atoms with Crippen LogP contribution >= 0.6 is 23.1 Å². The molecule has 1 amide bonds. The molecule has 0 fully saturated rings. The summed E-state index contributed by atoms with van der Waals surface area (Å²) in [6, 6.07) is 0. The molecule has 4 nitrogen and oxygen atoms in total. The number of carbonyl (C=O) groups excluding carboxylic acids is 1. The van der Waals surface area contributed by atoms with E-state index in [1.54, 1.807) is 18.9 Å². The Bertz CT molecular complexity index is 340. The Morgan fingerprint density at radius 3 is 2.80 bits per heavy atom. The number of carbonyl (C=O) groups is 1. The average Bonchev–Trinajstić information content (AvgIpc) is 2.59. The summed E-state index contributed by atoms with van der Waals surface area (Å²) in [6.45, 7) is 4.36. The van der Waals surface area contributed by atoms with Gasteiger partial charge in [0.1, 0.15) is 4.88 Å². The minimum atomic E-state index is -0.0279. The summed E-state index contributed by atoms with van der Waals surface area (Å²) in [5, 5.41) is 3.89. The molecular formula is C9H14ClN3OS. The van der Waals surface area contributed by atoms with Gasteiger partial charge in [-0.3, -0.25) is 4.79 Å². The van der Waals surface area contributed by atoms with E-state index in [-0.39, 0.29) is 11.3 Å². The molecule has 1 aromatic heterocycles. The van der Waals surface area contributed by atoms with Gasteiger partial charge >= 0.3 is 0 Å². The highest BCUT2D eigenvalue weighted by molar-refractivity contribution is 7.07. The molecule has 0 bridgehead atoms. The minimum Gasteiger partial charge on any atom is -0.341 e. The summed E-state index contributed by atoms with van der Waals surface area (Å²) in [4.78, 5) is 14.1. The zero-order valence-electron chi connectivity index (χ0n) is 9.03. The van der Waals surface area contributed by atoms with Crippen molar-refractivity contribution < 1.29 is 4.79 Å². The fourth-order valence-corrected chi connectivity index (χ4v) is 1.82. The Labute approximate surface area is 98.4 Å². The van der Waals surface area contributed by atoms with Crippen molar-refractivity contribution in [3.8, 4) is 0 Å². The lowest BCUT2D eigenvalue weighted by Crippen LogP contribution is -2.28. The number of hydrogen-bond acceptors (Lipinski definition) is 4. The molecule has 15 heavy (non-hydrogen) atoms. The van der Waals surface area contributed by atoms with Crippen LogP contribution in [-0.2, 0) is 0 Å². The summed E-state index contributed by atoms with van der Waals surface area (Å²) in [7, 11) is 1.76. The molecule has 1 heterocycles. The monoisotopic (exact) mass is 247 g/mol. The predicted molar refractivity (Wildman–Crippen MR) is 61.5 cm³/mol. The molecule has 1 rings (SSSR count). The van der Waals surface area contributed by atoms with Gasteiger partial charge in [0.05, 0.1) is 5.69 Å². The number of aromatic nitrogens is 2. The second-order valence-corrected chi connectivity index (χ2v) is 4.98. The molecular weight excluding hydrogens is 234 g/mol. The maximum Gasteiger partial charge on any atom is 0.267 e. The smallest absolute Gasteiger partial charge is 0.267 e. The highest BCUT2D eigenvalue weighted by Crippen LogP contribution is 2.12. The van der Waals surface area contributed by atoms with E-state index in [9.17, 15) is 4.79 Å². The number of alkyl halides is 1. The van der Waals surface area contributed by atoms with Crippen LogP contribution in [0.2, 0.25) is 0 Å². The van der Waals surface area contributed by atoms with Crippen LogP contribution in [0.25, 0.3) is 0 Å². The molecule has 6 heteroatoms. The fourth-order valence-electron chi connectivity index (χ4n) is 1.07. The third-order valence-electron chi connectivity index (χ3n) is 2.05. The highest BCUT2D eigenvalue weighted by atomic mass is 35.5. The van der Waals surface area contributed by atoms with Gasteiger partial charge in [0.2, 0.25) is 0 Å². The summed E-state index contributed by atoms with van der Waals surface area (Å²) in [5.74, 6) is -0.0279. The number of aryl methyl sites for hydroxylation is 1. The van der Waals surface area contributed by atoms with Crippen LogP contribution in [-0.4, -0.2) is 39.4 Å². The Kier molecular flexibility index (Phi) is 4.47. The first-order valence-corrected chi connectivity index (χ1v) is 5.92. The number of amides is 1. The van der Waals surface area contributed by atoms with Crippen LogP contribution < -0.4 is 0 Å². The second kappa shape index (κ2) is 5.42. The van der Waals surface area contributed by atoms with Gasteiger partial charge in [0.15, 0.2) is 0 Å². The van der Waals surface area contributed by atoms with Crippen LogP contribution in [0.1, 0.15) is 28.7 Å². The highest BCUT2D eigenvalue weighted by Gasteiger charge is 2.17. The van der Waals surface area contributed by atoms with Crippen molar-refractivity contribution in [3.63, 3.8) is 0 Å². The Balaban J connectivity index is 2.57. The number of hydrogen-bond donors (Lipinski definition) is 0. The van der Waals surface area contributed by atoms with Gasteiger partial charge in [0, 0.05) is 19.0 Å². The SMILES string of the molecule is Cc1nnsc1C(=O)N(C)CCC(C)Cl. The number of halogens is 1. The van der Waals surface area contributed by atoms with Crippen molar-refractivity contribution in [1.29, 1.82) is 0 Å². The van der Waals surface area contributed by atoms with Crippen molar-refractivity contribution in [2.45, 2.75) is 25.6 Å². The van der Waals surface area contributed by atoms with E-state index in [4.69, 9.17) is 11.6 Å². The lowest BCUT2D eigenvalue weighted by atomic mass is 10.3. The molecule has 0 aliphatic rings. The number of nitrogens with zero attached hydrogens (tertiary/aromatic N) is 3. The molecule has 1 atom stereocenters. The number of rotatable bonds is 4. The molecule has 84 valence electrons. The van der Waals surface area contributed by atoms with Crippen LogP contribution in [0.15, 0.2) is 0 Å². The van der Waals surface area contributed by atoms with Crippen LogP contribution in [0.3, 0.4) is 0 Å². The van der Waals surface area contributed by atoms with Gasteiger partial charge in [-0.2, -0.15) is 0 Å². The average molecular weight is 248 g/mol. The van der Waals surface area contributed by atoms with E-state index in [1.807, 2.05) is 6.92 Å². The zero-order valence-corrected chi connectivity index (χ0v) is 10.6. The van der Waals surface area contributed by atoms with Gasteiger partial charge in [-0.15, -0.1) is 16.7 Å². The molecule has 0 aliphatic carbocycles.